The molecule has 1 amide bonds. The molecule has 3 aromatic rings. The lowest BCUT2D eigenvalue weighted by Crippen LogP contribution is -2.26. The van der Waals surface area contributed by atoms with E-state index < -0.39 is 0 Å². The Bertz CT molecular complexity index is 808. The number of rotatable bonds is 7. The van der Waals surface area contributed by atoms with Crippen LogP contribution in [0.1, 0.15) is 15.5 Å². The van der Waals surface area contributed by atoms with Crippen LogP contribution in [0.4, 0.5) is 0 Å². The van der Waals surface area contributed by atoms with Crippen LogP contribution < -0.4 is 5.32 Å². The van der Waals surface area contributed by atoms with Crippen molar-refractivity contribution in [3.63, 3.8) is 0 Å². The average Bonchev–Trinajstić information content (AvgIpc) is 3.20. The average molecular weight is 342 g/mol. The molecule has 0 bridgehead atoms. The zero-order chi connectivity index (χ0) is 16.9. The topological polar surface area (TPSA) is 50.2 Å². The van der Waals surface area contributed by atoms with E-state index in [2.05, 4.69) is 34.9 Å². The van der Waals surface area contributed by atoms with E-state index in [4.69, 9.17) is 4.98 Å². The van der Waals surface area contributed by atoms with Crippen LogP contribution in [0.25, 0.3) is 11.0 Å². The summed E-state index contributed by atoms with van der Waals surface area (Å²) in [4.78, 5) is 19.7. The number of benzene rings is 1. The van der Waals surface area contributed by atoms with Crippen LogP contribution >= 0.6 is 11.3 Å². The van der Waals surface area contributed by atoms with Crippen molar-refractivity contribution in [1.82, 2.24) is 19.8 Å². The van der Waals surface area contributed by atoms with Crippen LogP contribution in [0.2, 0.25) is 0 Å². The van der Waals surface area contributed by atoms with Gasteiger partial charge in [-0.05, 0) is 37.7 Å². The van der Waals surface area contributed by atoms with Crippen LogP contribution in [0.15, 0.2) is 41.8 Å². The molecule has 0 saturated heterocycles. The Morgan fingerprint density at radius 3 is 2.83 bits per heavy atom. The van der Waals surface area contributed by atoms with Gasteiger partial charge in [-0.1, -0.05) is 18.2 Å². The number of imidazole rings is 1. The van der Waals surface area contributed by atoms with E-state index in [-0.39, 0.29) is 5.91 Å². The molecule has 0 atom stereocenters. The lowest BCUT2D eigenvalue weighted by atomic mass is 10.3. The van der Waals surface area contributed by atoms with Crippen LogP contribution in [-0.2, 0) is 13.0 Å². The number of aromatic nitrogens is 2. The second kappa shape index (κ2) is 7.59. The van der Waals surface area contributed by atoms with Gasteiger partial charge in [0.2, 0.25) is 0 Å². The molecule has 1 N–H and O–H groups in total. The smallest absolute Gasteiger partial charge is 0.261 e. The number of fused-ring (bicyclic) bond motifs is 1. The van der Waals surface area contributed by atoms with E-state index in [1.807, 2.05) is 35.7 Å². The van der Waals surface area contributed by atoms with Gasteiger partial charge in [0.15, 0.2) is 0 Å². The Balaban J connectivity index is 1.71. The summed E-state index contributed by atoms with van der Waals surface area (Å²) in [6, 6.07) is 11.9. The molecule has 24 heavy (non-hydrogen) atoms. The number of carbonyl (C=O) groups is 1. The second-order valence-corrected chi connectivity index (χ2v) is 6.90. The van der Waals surface area contributed by atoms with Gasteiger partial charge >= 0.3 is 0 Å². The fourth-order valence-electron chi connectivity index (χ4n) is 2.65. The summed E-state index contributed by atoms with van der Waals surface area (Å²) in [6.45, 7) is 2.43. The number of hydrogen-bond acceptors (Lipinski definition) is 4. The molecule has 0 aliphatic carbocycles. The number of thiophene rings is 1. The largest absolute Gasteiger partial charge is 0.351 e. The third kappa shape index (κ3) is 3.83. The minimum absolute atomic E-state index is 0.0130. The summed E-state index contributed by atoms with van der Waals surface area (Å²) < 4.78 is 2.26. The Morgan fingerprint density at radius 1 is 1.25 bits per heavy atom. The molecule has 6 heteroatoms. The molecule has 0 aliphatic heterocycles. The molecule has 2 aromatic heterocycles. The van der Waals surface area contributed by atoms with Crippen molar-refractivity contribution in [2.75, 3.05) is 27.2 Å². The van der Waals surface area contributed by atoms with Gasteiger partial charge in [-0.2, -0.15) is 0 Å². The van der Waals surface area contributed by atoms with Crippen molar-refractivity contribution < 1.29 is 4.79 Å². The molecule has 3 rings (SSSR count). The van der Waals surface area contributed by atoms with Crippen LogP contribution in [0.5, 0.6) is 0 Å². The maximum Gasteiger partial charge on any atom is 0.261 e. The molecule has 0 unspecified atom stereocenters. The van der Waals surface area contributed by atoms with Gasteiger partial charge in [0.1, 0.15) is 5.82 Å². The number of hydrogen-bond donors (Lipinski definition) is 1. The van der Waals surface area contributed by atoms with Crippen molar-refractivity contribution >= 4 is 28.3 Å². The van der Waals surface area contributed by atoms with Crippen molar-refractivity contribution in [2.24, 2.45) is 0 Å². The molecule has 0 spiro atoms. The van der Waals surface area contributed by atoms with E-state index in [0.29, 0.717) is 6.54 Å². The molecule has 0 radical (unpaired) electrons. The number of carbonyl (C=O) groups excluding carboxylic acids is 1. The van der Waals surface area contributed by atoms with Crippen LogP contribution in [0.3, 0.4) is 0 Å². The lowest BCUT2D eigenvalue weighted by molar-refractivity contribution is 0.0958. The molecule has 126 valence electrons. The van der Waals surface area contributed by atoms with Gasteiger partial charge < -0.3 is 14.8 Å². The first kappa shape index (κ1) is 16.7. The van der Waals surface area contributed by atoms with E-state index in [1.54, 1.807) is 0 Å². The van der Waals surface area contributed by atoms with Crippen LogP contribution in [0, 0.1) is 0 Å². The molecule has 5 nitrogen and oxygen atoms in total. The summed E-state index contributed by atoms with van der Waals surface area (Å²) in [5.41, 5.74) is 2.16. The highest BCUT2D eigenvalue weighted by molar-refractivity contribution is 7.12. The minimum atomic E-state index is -0.0130. The normalized spacial score (nSPS) is 11.3. The third-order valence-electron chi connectivity index (χ3n) is 3.88. The predicted molar refractivity (Wildman–Crippen MR) is 98.6 cm³/mol. The first-order valence-electron chi connectivity index (χ1n) is 8.06. The fraction of sp³-hybridized carbons (Fsp3) is 0.333. The number of nitrogens with zero attached hydrogens (tertiary/aromatic N) is 3. The zero-order valence-electron chi connectivity index (χ0n) is 14.0. The maximum absolute atomic E-state index is 12.0. The van der Waals surface area contributed by atoms with E-state index in [1.165, 1.54) is 11.3 Å². The van der Waals surface area contributed by atoms with Crippen molar-refractivity contribution in [3.8, 4) is 0 Å². The SMILES string of the molecule is CN(C)CCn1c(CCNC(=O)c2cccs2)nc2ccccc21. The standard InChI is InChI=1S/C18H22N4OS/c1-21(2)11-12-22-15-7-4-3-6-14(15)20-17(22)9-10-19-18(23)16-8-5-13-24-16/h3-8,13H,9-12H2,1-2H3,(H,19,23). The highest BCUT2D eigenvalue weighted by atomic mass is 32.1. The van der Waals surface area contributed by atoms with Gasteiger partial charge in [0, 0.05) is 26.1 Å². The van der Waals surface area contributed by atoms with Gasteiger partial charge in [-0.25, -0.2) is 4.98 Å². The Kier molecular flexibility index (Phi) is 5.27. The first-order valence-corrected chi connectivity index (χ1v) is 8.93. The zero-order valence-corrected chi connectivity index (χ0v) is 14.8. The van der Waals surface area contributed by atoms with E-state index >= 15 is 0 Å². The number of amides is 1. The van der Waals surface area contributed by atoms with Gasteiger partial charge in [-0.15, -0.1) is 11.3 Å². The Hall–Kier alpha value is -2.18. The summed E-state index contributed by atoms with van der Waals surface area (Å²) in [5.74, 6) is 1.01. The highest BCUT2D eigenvalue weighted by Crippen LogP contribution is 2.16. The first-order chi connectivity index (χ1) is 11.6. The predicted octanol–water partition coefficient (Wildman–Crippen LogP) is 2.63. The minimum Gasteiger partial charge on any atom is -0.351 e. The number of likely N-dealkylation sites (N-methyl/N-ethyl adjacent to an activating group) is 1. The summed E-state index contributed by atoms with van der Waals surface area (Å²) in [5, 5.41) is 4.89. The van der Waals surface area contributed by atoms with E-state index in [0.717, 1.165) is 41.2 Å². The van der Waals surface area contributed by atoms with Gasteiger partial charge in [0.25, 0.3) is 5.91 Å². The van der Waals surface area contributed by atoms with Crippen molar-refractivity contribution in [3.05, 3.63) is 52.5 Å². The van der Waals surface area contributed by atoms with Gasteiger partial charge in [-0.3, -0.25) is 4.79 Å². The molecule has 0 saturated carbocycles. The third-order valence-corrected chi connectivity index (χ3v) is 4.75. The Labute approximate surface area is 145 Å². The Morgan fingerprint density at radius 2 is 2.08 bits per heavy atom. The molecular weight excluding hydrogens is 320 g/mol. The molecular formula is C18H22N4OS. The molecule has 2 heterocycles. The quantitative estimate of drug-likeness (QED) is 0.718. The van der Waals surface area contributed by atoms with Crippen LogP contribution in [-0.4, -0.2) is 47.5 Å². The van der Waals surface area contributed by atoms with E-state index in [9.17, 15) is 4.79 Å². The van der Waals surface area contributed by atoms with Gasteiger partial charge in [0.05, 0.1) is 15.9 Å². The van der Waals surface area contributed by atoms with Crippen molar-refractivity contribution in [2.45, 2.75) is 13.0 Å². The fourth-order valence-corrected chi connectivity index (χ4v) is 3.29. The second-order valence-electron chi connectivity index (χ2n) is 5.95. The number of nitrogens with one attached hydrogen (secondary N) is 1. The highest BCUT2D eigenvalue weighted by Gasteiger charge is 2.11. The molecule has 0 aliphatic rings. The maximum atomic E-state index is 12.0. The summed E-state index contributed by atoms with van der Waals surface area (Å²) >= 11 is 1.46. The molecule has 0 fully saturated rings. The monoisotopic (exact) mass is 342 g/mol. The van der Waals surface area contributed by atoms with Crippen molar-refractivity contribution in [1.29, 1.82) is 0 Å². The molecule has 1 aromatic carbocycles. The lowest BCUT2D eigenvalue weighted by Gasteiger charge is -2.13. The summed E-state index contributed by atoms with van der Waals surface area (Å²) in [6.07, 6.45) is 0.721. The summed E-state index contributed by atoms with van der Waals surface area (Å²) in [7, 11) is 4.14. The number of para-hydroxylation sites is 2.